The lowest BCUT2D eigenvalue weighted by Crippen LogP contribution is -2.54. The van der Waals surface area contributed by atoms with E-state index in [1.165, 1.54) is 0 Å². The zero-order valence-electron chi connectivity index (χ0n) is 19.9. The molecule has 154 valence electrons. The summed E-state index contributed by atoms with van der Waals surface area (Å²) in [5.41, 5.74) is -3.20. The summed E-state index contributed by atoms with van der Waals surface area (Å²) in [4.78, 5) is 50.7. The molecule has 29 heavy (non-hydrogen) atoms. The molecule has 0 radical (unpaired) electrons. The Kier molecular flexibility index (Phi) is 3.36. The summed E-state index contributed by atoms with van der Waals surface area (Å²) in [5.74, 6) is -9.00. The van der Waals surface area contributed by atoms with Crippen molar-refractivity contribution >= 4 is 23.6 Å². The number of carbonyl (C=O) groups excluding carboxylic acids is 4. The van der Waals surface area contributed by atoms with Gasteiger partial charge in [-0.25, -0.2) is 8.78 Å². The van der Waals surface area contributed by atoms with E-state index in [-0.39, 0.29) is 12.8 Å². The lowest BCUT2D eigenvalue weighted by atomic mass is 9.85. The van der Waals surface area contributed by atoms with Gasteiger partial charge in [0.25, 0.3) is 11.8 Å². The second-order valence-electron chi connectivity index (χ2n) is 8.16. The molecular formula is C20H21F2N3O4. The Hall–Kier alpha value is -2.68. The molecule has 2 saturated heterocycles. The molecule has 4 amide bonds. The van der Waals surface area contributed by atoms with Crippen molar-refractivity contribution in [1.29, 1.82) is 0 Å². The fourth-order valence-electron chi connectivity index (χ4n) is 3.57. The third-order valence-corrected chi connectivity index (χ3v) is 5.14. The van der Waals surface area contributed by atoms with Gasteiger partial charge < -0.3 is 0 Å². The average Bonchev–Trinajstić information content (AvgIpc) is 2.87. The molecule has 4 rings (SSSR count). The Balaban J connectivity index is 1.80. The molecule has 1 atom stereocenters. The van der Waals surface area contributed by atoms with Crippen LogP contribution in [0, 0.1) is 11.6 Å². The van der Waals surface area contributed by atoms with Gasteiger partial charge in [-0.05, 0) is 38.8 Å². The van der Waals surface area contributed by atoms with E-state index in [4.69, 9.17) is 5.48 Å². The van der Waals surface area contributed by atoms with Gasteiger partial charge in [0.05, 0.1) is 11.1 Å². The van der Waals surface area contributed by atoms with E-state index in [1.807, 2.05) is 5.32 Å². The quantitative estimate of drug-likeness (QED) is 0.750. The van der Waals surface area contributed by atoms with Crippen LogP contribution in [0.4, 0.5) is 8.78 Å². The van der Waals surface area contributed by atoms with E-state index in [0.717, 1.165) is 11.0 Å². The van der Waals surface area contributed by atoms with Gasteiger partial charge in [-0.15, -0.1) is 0 Å². The van der Waals surface area contributed by atoms with Crippen molar-refractivity contribution in [3.63, 3.8) is 0 Å². The van der Waals surface area contributed by atoms with Crippen molar-refractivity contribution < 1.29 is 33.4 Å². The molecule has 0 aliphatic carbocycles. The van der Waals surface area contributed by atoms with Gasteiger partial charge in [0.2, 0.25) is 11.8 Å². The Morgan fingerprint density at radius 2 is 1.76 bits per heavy atom. The predicted octanol–water partition coefficient (Wildman–Crippen LogP) is 1.56. The molecule has 0 spiro atoms. The van der Waals surface area contributed by atoms with E-state index in [2.05, 4.69) is 0 Å². The van der Waals surface area contributed by atoms with E-state index >= 15 is 8.78 Å². The van der Waals surface area contributed by atoms with Crippen LogP contribution in [0.25, 0.3) is 0 Å². The minimum Gasteiger partial charge on any atom is -0.297 e. The summed E-state index contributed by atoms with van der Waals surface area (Å²) < 4.78 is 63.5. The molecule has 2 fully saturated rings. The topological polar surface area (TPSA) is 86.8 Å². The zero-order valence-corrected chi connectivity index (χ0v) is 15.9. The van der Waals surface area contributed by atoms with Crippen LogP contribution in [-0.4, -0.2) is 58.0 Å². The molecule has 1 aromatic carbocycles. The summed E-state index contributed by atoms with van der Waals surface area (Å²) >= 11 is 0. The SMILES string of the molecule is [2H]C1([2H])C(c2cc3c(c(F)c2F)C(=O)N([C@H]2CCC(=O)NC2=O)C3=O)C([2H])([2H])N1C(C)(C)C. The van der Waals surface area contributed by atoms with Crippen molar-refractivity contribution in [3.8, 4) is 0 Å². The molecule has 1 aromatic rings. The Morgan fingerprint density at radius 1 is 1.10 bits per heavy atom. The number of fused-ring (bicyclic) bond motifs is 1. The third kappa shape index (κ3) is 2.95. The fraction of sp³-hybridized carbons (Fsp3) is 0.500. The van der Waals surface area contributed by atoms with E-state index in [1.54, 1.807) is 20.8 Å². The zero-order chi connectivity index (χ0) is 24.8. The predicted molar refractivity (Wildman–Crippen MR) is 97.1 cm³/mol. The summed E-state index contributed by atoms with van der Waals surface area (Å²) in [5, 5.41) is 1.99. The molecule has 3 aliphatic heterocycles. The number of amides is 4. The van der Waals surface area contributed by atoms with Gasteiger partial charge in [-0.2, -0.15) is 0 Å². The maximum atomic E-state index is 15.1. The standard InChI is InChI=1S/C20H21F2N3O4/c1-20(2,3)24-7-9(8-24)10-6-11-14(16(22)15(10)21)19(29)25(18(11)28)12-4-5-13(26)23-17(12)27/h6,9,12H,4-5,7-8H2,1-3H3,(H,23,26,27)/t12-/m0/s1/i7D2,8D2. The molecule has 1 N–H and O–H groups in total. The highest BCUT2D eigenvalue weighted by molar-refractivity contribution is 6.23. The lowest BCUT2D eigenvalue weighted by Gasteiger charge is -2.48. The summed E-state index contributed by atoms with van der Waals surface area (Å²) in [6, 6.07) is -0.598. The highest BCUT2D eigenvalue weighted by Gasteiger charge is 2.48. The maximum absolute atomic E-state index is 15.1. The number of benzene rings is 1. The van der Waals surface area contributed by atoms with Crippen LogP contribution in [0.2, 0.25) is 0 Å². The second kappa shape index (κ2) is 6.41. The Bertz CT molecular complexity index is 1120. The van der Waals surface area contributed by atoms with Crippen molar-refractivity contribution in [2.45, 2.75) is 51.1 Å². The molecule has 9 heteroatoms. The van der Waals surface area contributed by atoms with Crippen LogP contribution < -0.4 is 5.32 Å². The number of piperidine rings is 1. The highest BCUT2D eigenvalue weighted by atomic mass is 19.2. The van der Waals surface area contributed by atoms with E-state index < -0.39 is 82.4 Å². The number of rotatable bonds is 2. The first kappa shape index (κ1) is 15.2. The third-order valence-electron chi connectivity index (χ3n) is 5.14. The molecule has 3 heterocycles. The number of nitrogens with one attached hydrogen (secondary N) is 1. The number of imide groups is 2. The molecule has 0 bridgehead atoms. The molecule has 0 aromatic heterocycles. The van der Waals surface area contributed by atoms with Crippen molar-refractivity contribution in [2.75, 3.05) is 13.0 Å². The first-order valence-corrected chi connectivity index (χ1v) is 9.06. The highest BCUT2D eigenvalue weighted by Crippen LogP contribution is 2.38. The van der Waals surface area contributed by atoms with Gasteiger partial charge in [0, 0.05) is 36.4 Å². The van der Waals surface area contributed by atoms with Crippen LogP contribution in [0.5, 0.6) is 0 Å². The Morgan fingerprint density at radius 3 is 2.34 bits per heavy atom. The number of nitrogens with zero attached hydrogens (tertiary/aromatic N) is 2. The monoisotopic (exact) mass is 409 g/mol. The number of hydrogen-bond acceptors (Lipinski definition) is 5. The van der Waals surface area contributed by atoms with E-state index in [9.17, 15) is 19.2 Å². The number of hydrogen-bond donors (Lipinski definition) is 1. The van der Waals surface area contributed by atoms with Crippen LogP contribution in [0.3, 0.4) is 0 Å². The molecule has 3 aliphatic rings. The lowest BCUT2D eigenvalue weighted by molar-refractivity contribution is -0.136. The van der Waals surface area contributed by atoms with Gasteiger partial charge >= 0.3 is 0 Å². The number of likely N-dealkylation sites (tertiary alicyclic amines) is 1. The average molecular weight is 409 g/mol. The molecule has 7 nitrogen and oxygen atoms in total. The van der Waals surface area contributed by atoms with Crippen molar-refractivity contribution in [3.05, 3.63) is 34.4 Å². The normalized spacial score (nSPS) is 28.9. The smallest absolute Gasteiger partial charge is 0.265 e. The van der Waals surface area contributed by atoms with Gasteiger partial charge in [-0.1, -0.05) is 0 Å². The number of carbonyl (C=O) groups is 4. The van der Waals surface area contributed by atoms with Crippen LogP contribution in [-0.2, 0) is 9.59 Å². The maximum Gasteiger partial charge on any atom is 0.265 e. The second-order valence-corrected chi connectivity index (χ2v) is 8.16. The molecule has 0 unspecified atom stereocenters. The minimum atomic E-state index is -2.43. The number of halogens is 2. The van der Waals surface area contributed by atoms with Gasteiger partial charge in [0.15, 0.2) is 11.6 Å². The van der Waals surface area contributed by atoms with Crippen LogP contribution in [0.1, 0.15) is 71.3 Å². The largest absolute Gasteiger partial charge is 0.297 e. The van der Waals surface area contributed by atoms with Gasteiger partial charge in [0.1, 0.15) is 6.04 Å². The summed E-state index contributed by atoms with van der Waals surface area (Å²) in [6.45, 7) is -0.161. The van der Waals surface area contributed by atoms with Crippen molar-refractivity contribution in [2.24, 2.45) is 0 Å². The fourth-order valence-corrected chi connectivity index (χ4v) is 3.57. The molecular weight excluding hydrogens is 384 g/mol. The first-order valence-electron chi connectivity index (χ1n) is 11.1. The minimum absolute atomic E-state index is 0.156. The first-order chi connectivity index (χ1) is 15.0. The van der Waals surface area contributed by atoms with Crippen LogP contribution >= 0.6 is 0 Å². The van der Waals surface area contributed by atoms with Gasteiger partial charge in [-0.3, -0.25) is 34.3 Å². The Labute approximate surface area is 171 Å². The molecule has 0 saturated carbocycles. The van der Waals surface area contributed by atoms with Crippen molar-refractivity contribution in [1.82, 2.24) is 15.1 Å². The van der Waals surface area contributed by atoms with E-state index in [0.29, 0.717) is 4.90 Å². The summed E-state index contributed by atoms with van der Waals surface area (Å²) in [7, 11) is 0. The summed E-state index contributed by atoms with van der Waals surface area (Å²) in [6.07, 6.45) is -0.335. The van der Waals surface area contributed by atoms with Crippen LogP contribution in [0.15, 0.2) is 6.07 Å².